The molecule has 0 spiro atoms. The normalized spacial score (nSPS) is 11.3. The van der Waals surface area contributed by atoms with Gasteiger partial charge in [-0.25, -0.2) is 20.1 Å². The number of nitrogens with zero attached hydrogens (tertiary/aromatic N) is 7. The van der Waals surface area contributed by atoms with Gasteiger partial charge in [0.1, 0.15) is 16.9 Å². The number of hydrogen-bond acceptors (Lipinski definition) is 7. The second-order valence-electron chi connectivity index (χ2n) is 8.34. The van der Waals surface area contributed by atoms with Gasteiger partial charge in [-0.05, 0) is 59.7 Å². The Morgan fingerprint density at radius 2 is 1.80 bits per heavy atom. The van der Waals surface area contributed by atoms with Crippen LogP contribution in [-0.2, 0) is 13.0 Å². The van der Waals surface area contributed by atoms with E-state index < -0.39 is 0 Å². The Hall–Kier alpha value is -4.11. The van der Waals surface area contributed by atoms with Gasteiger partial charge in [0.25, 0.3) is 0 Å². The second kappa shape index (κ2) is 8.92. The maximum Gasteiger partial charge on any atom is 0.228 e. The number of nitrogens with one attached hydrogen (secondary N) is 1. The van der Waals surface area contributed by atoms with Crippen molar-refractivity contribution in [2.24, 2.45) is 0 Å². The molecule has 1 N–H and O–H groups in total. The Bertz CT molecular complexity index is 1650. The maximum absolute atomic E-state index is 6.10. The molecule has 0 bridgehead atoms. The van der Waals surface area contributed by atoms with Gasteiger partial charge in [-0.15, -0.1) is 17.5 Å². The molecule has 4 heterocycles. The van der Waals surface area contributed by atoms with Crippen LogP contribution in [0, 0.1) is 13.8 Å². The molecule has 0 amide bonds. The summed E-state index contributed by atoms with van der Waals surface area (Å²) in [6, 6.07) is 15.9. The molecule has 0 aliphatic carbocycles. The predicted molar refractivity (Wildman–Crippen MR) is 135 cm³/mol. The Kier molecular flexibility index (Phi) is 5.78. The largest absolute Gasteiger partial charge is 0.436 e. The number of aryl methyl sites for hydroxylation is 3. The van der Waals surface area contributed by atoms with E-state index >= 15 is 0 Å². The molecule has 0 fully saturated rings. The molecular formula is C25H23ClN8O. The first-order chi connectivity index (χ1) is 16.6. The summed E-state index contributed by atoms with van der Waals surface area (Å²) in [7, 11) is 0. The number of oxazole rings is 1. The molecule has 10 heteroatoms. The van der Waals surface area contributed by atoms with Crippen LogP contribution in [0.25, 0.3) is 45.1 Å². The van der Waals surface area contributed by atoms with Crippen LogP contribution in [0.4, 0.5) is 0 Å². The highest BCUT2D eigenvalue weighted by Gasteiger charge is 2.17. The van der Waals surface area contributed by atoms with E-state index in [1.807, 2.05) is 37.3 Å². The average Bonchev–Trinajstić information content (AvgIpc) is 3.58. The molecule has 0 radical (unpaired) electrons. The van der Waals surface area contributed by atoms with E-state index in [2.05, 4.69) is 57.2 Å². The standard InChI is InChI=1S/C25H22N8O.ClH/c1-4-21-28-22-14(2)11-15(3)26-24(22)33(21)13-16-9-10-20-19(12-16)27-25(34-20)18-8-6-5-7-17(18)23-29-31-32-30-23;/h5-12H,4,13H2,1-3H3,(H,29,30,31,32);1H. The Morgan fingerprint density at radius 1 is 0.971 bits per heavy atom. The fourth-order valence-corrected chi connectivity index (χ4v) is 4.40. The fraction of sp³-hybridized carbons (Fsp3) is 0.200. The second-order valence-corrected chi connectivity index (χ2v) is 8.34. The van der Waals surface area contributed by atoms with E-state index in [1.54, 1.807) is 0 Å². The highest BCUT2D eigenvalue weighted by molar-refractivity contribution is 5.85. The van der Waals surface area contributed by atoms with Crippen molar-refractivity contribution in [2.45, 2.75) is 33.7 Å². The van der Waals surface area contributed by atoms with Crippen molar-refractivity contribution in [1.82, 2.24) is 40.1 Å². The van der Waals surface area contributed by atoms with Crippen LogP contribution in [0.15, 0.2) is 52.9 Å². The van der Waals surface area contributed by atoms with E-state index in [0.29, 0.717) is 18.3 Å². The summed E-state index contributed by atoms with van der Waals surface area (Å²) in [5.41, 5.74) is 8.29. The van der Waals surface area contributed by atoms with Gasteiger partial charge in [-0.3, -0.25) is 0 Å². The smallest absolute Gasteiger partial charge is 0.228 e. The molecule has 0 saturated heterocycles. The van der Waals surface area contributed by atoms with Crippen molar-refractivity contribution in [3.05, 3.63) is 71.2 Å². The quantitative estimate of drug-likeness (QED) is 0.362. The number of halogens is 1. The molecule has 0 saturated carbocycles. The molecule has 2 aromatic carbocycles. The summed E-state index contributed by atoms with van der Waals surface area (Å²) in [6.45, 7) is 6.89. The summed E-state index contributed by atoms with van der Waals surface area (Å²) in [5, 5.41) is 14.2. The van der Waals surface area contributed by atoms with E-state index in [4.69, 9.17) is 19.4 Å². The van der Waals surface area contributed by atoms with Crippen molar-refractivity contribution in [3.8, 4) is 22.8 Å². The van der Waals surface area contributed by atoms with Crippen LogP contribution in [-0.4, -0.2) is 40.1 Å². The van der Waals surface area contributed by atoms with Crippen LogP contribution in [0.2, 0.25) is 0 Å². The van der Waals surface area contributed by atoms with Crippen LogP contribution < -0.4 is 0 Å². The van der Waals surface area contributed by atoms with E-state index in [0.717, 1.165) is 62.5 Å². The van der Waals surface area contributed by atoms with Gasteiger partial charge in [0.05, 0.1) is 6.54 Å². The monoisotopic (exact) mass is 486 g/mol. The van der Waals surface area contributed by atoms with Crippen molar-refractivity contribution >= 4 is 34.7 Å². The van der Waals surface area contributed by atoms with Crippen molar-refractivity contribution in [2.75, 3.05) is 0 Å². The molecule has 6 rings (SSSR count). The zero-order valence-corrected chi connectivity index (χ0v) is 20.3. The van der Waals surface area contributed by atoms with Gasteiger partial charge in [0.15, 0.2) is 17.1 Å². The summed E-state index contributed by atoms with van der Waals surface area (Å²) in [5.74, 6) is 2.11. The molecular weight excluding hydrogens is 464 g/mol. The number of pyridine rings is 1. The molecule has 0 aliphatic heterocycles. The molecule has 0 aliphatic rings. The summed E-state index contributed by atoms with van der Waals surface area (Å²) in [6.07, 6.45) is 0.832. The van der Waals surface area contributed by atoms with Crippen molar-refractivity contribution < 1.29 is 4.42 Å². The molecule has 9 nitrogen and oxygen atoms in total. The Balaban J connectivity index is 0.00000253. The molecule has 6 aromatic rings. The Labute approximate surface area is 207 Å². The fourth-order valence-electron chi connectivity index (χ4n) is 4.40. The first-order valence-corrected chi connectivity index (χ1v) is 11.2. The van der Waals surface area contributed by atoms with Crippen LogP contribution in [0.5, 0.6) is 0 Å². The van der Waals surface area contributed by atoms with E-state index in [9.17, 15) is 0 Å². The lowest BCUT2D eigenvalue weighted by atomic mass is 10.1. The summed E-state index contributed by atoms with van der Waals surface area (Å²) < 4.78 is 8.30. The van der Waals surface area contributed by atoms with Gasteiger partial charge < -0.3 is 8.98 Å². The first kappa shape index (κ1) is 22.7. The highest BCUT2D eigenvalue weighted by Crippen LogP contribution is 2.32. The van der Waals surface area contributed by atoms with E-state index in [-0.39, 0.29) is 12.4 Å². The van der Waals surface area contributed by atoms with Gasteiger partial charge in [-0.2, -0.15) is 0 Å². The van der Waals surface area contributed by atoms with Gasteiger partial charge in [0, 0.05) is 23.2 Å². The lowest BCUT2D eigenvalue weighted by Crippen LogP contribution is -2.05. The molecule has 0 atom stereocenters. The highest BCUT2D eigenvalue weighted by atomic mass is 35.5. The Morgan fingerprint density at radius 3 is 2.57 bits per heavy atom. The van der Waals surface area contributed by atoms with Gasteiger partial charge in [0.2, 0.25) is 5.89 Å². The van der Waals surface area contributed by atoms with Crippen LogP contribution >= 0.6 is 12.4 Å². The van der Waals surface area contributed by atoms with E-state index in [1.165, 1.54) is 0 Å². The number of imidazole rings is 1. The lowest BCUT2D eigenvalue weighted by molar-refractivity contribution is 0.620. The number of hydrogen-bond donors (Lipinski definition) is 1. The van der Waals surface area contributed by atoms with Crippen molar-refractivity contribution in [1.29, 1.82) is 0 Å². The first-order valence-electron chi connectivity index (χ1n) is 11.2. The van der Waals surface area contributed by atoms with Gasteiger partial charge >= 0.3 is 0 Å². The zero-order valence-electron chi connectivity index (χ0n) is 19.5. The third-order valence-electron chi connectivity index (χ3n) is 5.97. The minimum Gasteiger partial charge on any atom is -0.436 e. The third-order valence-corrected chi connectivity index (χ3v) is 5.97. The number of aromatic amines is 1. The van der Waals surface area contributed by atoms with Crippen LogP contribution in [0.3, 0.4) is 0 Å². The molecule has 0 unspecified atom stereocenters. The molecule has 4 aromatic heterocycles. The number of tetrazole rings is 1. The SMILES string of the molecule is CCc1nc2c(C)cc(C)nc2n1Cc1ccc2oc(-c3ccccc3-c3nnn[nH]3)nc2c1.Cl. The molecule has 35 heavy (non-hydrogen) atoms. The number of fused-ring (bicyclic) bond motifs is 2. The average molecular weight is 487 g/mol. The number of aromatic nitrogens is 8. The minimum atomic E-state index is 0. The number of H-pyrrole nitrogens is 1. The number of benzene rings is 2. The maximum atomic E-state index is 6.10. The van der Waals surface area contributed by atoms with Gasteiger partial charge in [-0.1, -0.05) is 31.2 Å². The number of rotatable bonds is 5. The zero-order chi connectivity index (χ0) is 23.2. The van der Waals surface area contributed by atoms with Crippen molar-refractivity contribution in [3.63, 3.8) is 0 Å². The molecule has 176 valence electrons. The summed E-state index contributed by atoms with van der Waals surface area (Å²) >= 11 is 0. The third kappa shape index (κ3) is 3.93. The topological polar surface area (TPSA) is 111 Å². The predicted octanol–water partition coefficient (Wildman–Crippen LogP) is 5.07. The lowest BCUT2D eigenvalue weighted by Gasteiger charge is -2.08. The van der Waals surface area contributed by atoms with Crippen LogP contribution in [0.1, 0.15) is 29.6 Å². The minimum absolute atomic E-state index is 0. The summed E-state index contributed by atoms with van der Waals surface area (Å²) in [4.78, 5) is 14.4.